The Morgan fingerprint density at radius 3 is 1.29 bits per heavy atom. The Hall–Kier alpha value is 1.79. The molecule has 0 fully saturated rings. The fraction of sp³-hybridized carbons (Fsp3) is 0. The van der Waals surface area contributed by atoms with Crippen molar-refractivity contribution in [3.05, 3.63) is 0 Å². The third-order valence-corrected chi connectivity index (χ3v) is 0. The Labute approximate surface area is 85.2 Å². The van der Waals surface area contributed by atoms with Crippen molar-refractivity contribution in [2.45, 2.75) is 0 Å². The molecule has 0 amide bonds. The fourth-order valence-electron chi connectivity index (χ4n) is 0. The predicted molar refractivity (Wildman–Crippen MR) is 23.8 cm³/mol. The first-order valence-corrected chi connectivity index (χ1v) is 2.10. The standard InChI is InChI=1S/Na.H2O4S.Pb.3H/c;1-5(2,3)4;;;;/h;(H2,1,2,3,4);;;;/q+1;;;;;-1. The molecular formula is H5NaO4PbS. The summed E-state index contributed by atoms with van der Waals surface area (Å²) >= 11 is 0. The third kappa shape index (κ3) is 81.4. The quantitative estimate of drug-likeness (QED) is 0.347. The zero-order valence-corrected chi connectivity index (χ0v) is 12.1. The van der Waals surface area contributed by atoms with Crippen LogP contribution in [0.5, 0.6) is 0 Å². The van der Waals surface area contributed by atoms with E-state index in [1.807, 2.05) is 0 Å². The zero-order chi connectivity index (χ0) is 4.50. The van der Waals surface area contributed by atoms with E-state index < -0.39 is 10.4 Å². The minimum atomic E-state index is -4.67. The molecule has 2 N–H and O–H groups in total. The van der Waals surface area contributed by atoms with Crippen LogP contribution < -0.4 is 29.6 Å². The van der Waals surface area contributed by atoms with Crippen LogP contribution in [0.1, 0.15) is 1.43 Å². The molecule has 0 aliphatic carbocycles. The van der Waals surface area contributed by atoms with Gasteiger partial charge in [-0.2, -0.15) is 8.42 Å². The van der Waals surface area contributed by atoms with Crippen LogP contribution in [-0.2, 0) is 10.4 Å². The van der Waals surface area contributed by atoms with Gasteiger partial charge >= 0.3 is 67.3 Å². The van der Waals surface area contributed by atoms with E-state index in [0.717, 1.165) is 0 Å². The monoisotopic (exact) mass is 332 g/mol. The summed E-state index contributed by atoms with van der Waals surface area (Å²) in [6.07, 6.45) is 0. The first-order valence-electron chi connectivity index (χ1n) is 0.698. The van der Waals surface area contributed by atoms with Crippen LogP contribution in [0.3, 0.4) is 0 Å². The van der Waals surface area contributed by atoms with Crippen molar-refractivity contribution in [3.63, 3.8) is 0 Å². The van der Waals surface area contributed by atoms with Gasteiger partial charge in [0.1, 0.15) is 0 Å². The molecule has 0 saturated carbocycles. The van der Waals surface area contributed by atoms with E-state index in [9.17, 15) is 0 Å². The average Bonchev–Trinajstić information content (AvgIpc) is 0.722. The van der Waals surface area contributed by atoms with Crippen LogP contribution in [0, 0.1) is 0 Å². The Morgan fingerprint density at radius 1 is 1.29 bits per heavy atom. The molecule has 0 saturated heterocycles. The first kappa shape index (κ1) is 15.9. The second kappa shape index (κ2) is 5.92. The molecule has 0 unspecified atom stereocenters. The van der Waals surface area contributed by atoms with E-state index in [2.05, 4.69) is 0 Å². The molecule has 0 aliphatic rings. The summed E-state index contributed by atoms with van der Waals surface area (Å²) in [6.45, 7) is 0. The van der Waals surface area contributed by atoms with Crippen molar-refractivity contribution < 1.29 is 48.5 Å². The van der Waals surface area contributed by atoms with E-state index in [-0.39, 0.29) is 58.3 Å². The molecular weight excluding hydrogens is 326 g/mol. The van der Waals surface area contributed by atoms with Gasteiger partial charge in [0.2, 0.25) is 0 Å². The number of hydrogen-bond donors (Lipinski definition) is 2. The molecule has 0 rings (SSSR count). The molecule has 7 heteroatoms. The minimum absolute atomic E-state index is 0. The normalized spacial score (nSPS) is 8.29. The van der Waals surface area contributed by atoms with Crippen LogP contribution in [0.25, 0.3) is 0 Å². The molecule has 0 aromatic heterocycles. The van der Waals surface area contributed by atoms with E-state index in [0.29, 0.717) is 0 Å². The maximum absolute atomic E-state index is 8.74. The van der Waals surface area contributed by atoms with E-state index >= 15 is 0 Å². The maximum atomic E-state index is 8.74. The molecule has 2 radical (unpaired) electrons. The predicted octanol–water partition coefficient (Wildman–Crippen LogP) is -4.45. The van der Waals surface area contributed by atoms with Gasteiger partial charge in [0.05, 0.1) is 0 Å². The third-order valence-electron chi connectivity index (χ3n) is 0. The van der Waals surface area contributed by atoms with Crippen LogP contribution in [-0.4, -0.2) is 44.8 Å². The molecule has 0 atom stereocenters. The van der Waals surface area contributed by atoms with Gasteiger partial charge in [-0.05, 0) is 0 Å². The summed E-state index contributed by atoms with van der Waals surface area (Å²) in [5.74, 6) is 0. The number of hydrogen-bond acceptors (Lipinski definition) is 2. The zero-order valence-electron chi connectivity index (χ0n) is 4.83. The molecule has 40 valence electrons. The van der Waals surface area contributed by atoms with Gasteiger partial charge < -0.3 is 1.43 Å². The molecule has 0 aromatic rings. The summed E-state index contributed by atoms with van der Waals surface area (Å²) in [6, 6.07) is 0. The summed E-state index contributed by atoms with van der Waals surface area (Å²) in [5.41, 5.74) is 0. The Kier molecular flexibility index (Phi) is 13.5. The number of rotatable bonds is 0. The van der Waals surface area contributed by atoms with Crippen molar-refractivity contribution in [1.29, 1.82) is 0 Å². The van der Waals surface area contributed by atoms with Crippen molar-refractivity contribution in [3.8, 4) is 0 Å². The van der Waals surface area contributed by atoms with Crippen molar-refractivity contribution >= 4 is 37.7 Å². The SMILES string of the molecule is O=S(=O)(O)O.[H-].[Na+].[PbH2]. The van der Waals surface area contributed by atoms with Crippen LogP contribution in [0.4, 0.5) is 0 Å². The van der Waals surface area contributed by atoms with Crippen molar-refractivity contribution in [1.82, 2.24) is 0 Å². The van der Waals surface area contributed by atoms with Crippen LogP contribution in [0.2, 0.25) is 0 Å². The summed E-state index contributed by atoms with van der Waals surface area (Å²) in [4.78, 5) is 0. The van der Waals surface area contributed by atoms with Crippen molar-refractivity contribution in [2.75, 3.05) is 0 Å². The van der Waals surface area contributed by atoms with Gasteiger partial charge in [0, 0.05) is 0 Å². The van der Waals surface area contributed by atoms with E-state index in [4.69, 9.17) is 17.5 Å². The second-order valence-electron chi connectivity index (χ2n) is 0.448. The van der Waals surface area contributed by atoms with E-state index in [1.165, 1.54) is 0 Å². The van der Waals surface area contributed by atoms with Gasteiger partial charge in [0.25, 0.3) is 0 Å². The summed E-state index contributed by atoms with van der Waals surface area (Å²) < 4.78 is 31.6. The molecule has 4 nitrogen and oxygen atoms in total. The molecule has 0 aliphatic heterocycles. The molecule has 0 aromatic carbocycles. The average molecular weight is 331 g/mol. The van der Waals surface area contributed by atoms with Gasteiger partial charge in [-0.15, -0.1) is 0 Å². The fourth-order valence-corrected chi connectivity index (χ4v) is 0. The van der Waals surface area contributed by atoms with Gasteiger partial charge in [0.15, 0.2) is 0 Å². The molecule has 0 bridgehead atoms. The topological polar surface area (TPSA) is 74.6 Å². The van der Waals surface area contributed by atoms with Crippen LogP contribution in [0.15, 0.2) is 0 Å². The Morgan fingerprint density at radius 2 is 1.29 bits per heavy atom. The summed E-state index contributed by atoms with van der Waals surface area (Å²) in [7, 11) is -4.67. The Balaban J connectivity index is -0.0000000267. The Bertz CT molecular complexity index is 99.2. The summed E-state index contributed by atoms with van der Waals surface area (Å²) in [5, 5.41) is 0. The molecule has 7 heavy (non-hydrogen) atoms. The van der Waals surface area contributed by atoms with Crippen molar-refractivity contribution in [2.24, 2.45) is 0 Å². The van der Waals surface area contributed by atoms with Gasteiger partial charge in [-0.1, -0.05) is 0 Å². The second-order valence-corrected chi connectivity index (χ2v) is 1.34. The first-order chi connectivity index (χ1) is 2.00. The van der Waals surface area contributed by atoms with E-state index in [1.54, 1.807) is 0 Å². The molecule has 0 heterocycles. The van der Waals surface area contributed by atoms with Gasteiger partial charge in [-0.25, -0.2) is 0 Å². The molecule has 0 spiro atoms. The van der Waals surface area contributed by atoms with Gasteiger partial charge in [-0.3, -0.25) is 9.11 Å². The van der Waals surface area contributed by atoms with Crippen LogP contribution >= 0.6 is 0 Å².